The highest BCUT2D eigenvalue weighted by molar-refractivity contribution is 6.84. The molecule has 0 saturated carbocycles. The molecule has 0 saturated heterocycles. The summed E-state index contributed by atoms with van der Waals surface area (Å²) in [5.74, 6) is 0. The van der Waals surface area contributed by atoms with Gasteiger partial charge in [-0.05, 0) is 38.9 Å². The molecule has 0 spiro atoms. The highest BCUT2D eigenvalue weighted by atomic mass is 28.3. The van der Waals surface area contributed by atoms with Crippen molar-refractivity contribution in [2.75, 3.05) is 21.3 Å². The monoisotopic (exact) mass is 274 g/mol. The highest BCUT2D eigenvalue weighted by Crippen LogP contribution is 2.29. The van der Waals surface area contributed by atoms with Gasteiger partial charge in [0.2, 0.25) is 0 Å². The molecule has 0 aromatic carbocycles. The number of methoxy groups -OCH3 is 3. The van der Waals surface area contributed by atoms with Crippen molar-refractivity contribution in [3.05, 3.63) is 12.3 Å². The lowest BCUT2D eigenvalue weighted by Crippen LogP contribution is -2.41. The zero-order chi connectivity index (χ0) is 14.2. The molecule has 108 valence electrons. The summed E-state index contributed by atoms with van der Waals surface area (Å²) in [5, 5.41) is 0. The van der Waals surface area contributed by atoms with E-state index in [1.165, 1.54) is 0 Å². The van der Waals surface area contributed by atoms with Gasteiger partial charge in [0.05, 0.1) is 26.4 Å². The molecule has 0 radical (unpaired) electrons. The average molecular weight is 274 g/mol. The lowest BCUT2D eigenvalue weighted by atomic mass is 10.4. The second-order valence-electron chi connectivity index (χ2n) is 5.32. The molecule has 0 heterocycles. The molecule has 0 aliphatic heterocycles. The van der Waals surface area contributed by atoms with Gasteiger partial charge in [0, 0.05) is 21.3 Å². The van der Waals surface area contributed by atoms with Crippen LogP contribution in [0.3, 0.4) is 0 Å². The molecule has 3 atom stereocenters. The van der Waals surface area contributed by atoms with E-state index >= 15 is 0 Å². The van der Waals surface area contributed by atoms with Crippen molar-refractivity contribution in [1.29, 1.82) is 0 Å². The van der Waals surface area contributed by atoms with E-state index < -0.39 is 8.07 Å². The molecule has 0 amide bonds. The van der Waals surface area contributed by atoms with Crippen LogP contribution in [-0.2, 0) is 14.2 Å². The van der Waals surface area contributed by atoms with Gasteiger partial charge in [-0.25, -0.2) is 0 Å². The number of hydrogen-bond acceptors (Lipinski definition) is 3. The van der Waals surface area contributed by atoms with E-state index in [1.54, 1.807) is 21.3 Å². The third-order valence-electron chi connectivity index (χ3n) is 3.72. The summed E-state index contributed by atoms with van der Waals surface area (Å²) in [4.78, 5) is 0. The summed E-state index contributed by atoms with van der Waals surface area (Å²) < 4.78 is 16.3. The van der Waals surface area contributed by atoms with Crippen LogP contribution in [-0.4, -0.2) is 47.7 Å². The fraction of sp³-hybridized carbons (Fsp3) is 0.857. The van der Waals surface area contributed by atoms with Crippen molar-refractivity contribution in [2.45, 2.75) is 57.2 Å². The second kappa shape index (κ2) is 8.86. The van der Waals surface area contributed by atoms with E-state index in [9.17, 15) is 0 Å². The Morgan fingerprint density at radius 3 is 1.28 bits per heavy atom. The van der Waals surface area contributed by atoms with Crippen molar-refractivity contribution in [1.82, 2.24) is 0 Å². The van der Waals surface area contributed by atoms with Crippen LogP contribution in [0, 0.1) is 0 Å². The Balaban J connectivity index is 4.87. The molecule has 0 N–H and O–H groups in total. The van der Waals surface area contributed by atoms with E-state index in [0.717, 1.165) is 18.1 Å². The maximum Gasteiger partial charge on any atom is 0.0846 e. The summed E-state index contributed by atoms with van der Waals surface area (Å²) in [5.41, 5.74) is 2.19. The summed E-state index contributed by atoms with van der Waals surface area (Å²) >= 11 is 0. The number of rotatable bonds is 10. The summed E-state index contributed by atoms with van der Waals surface area (Å²) in [6, 6.07) is 3.23. The fourth-order valence-corrected chi connectivity index (χ4v) is 7.40. The SMILES string of the molecule is C=C[Si](CC(C)OC)(CC(C)OC)CC(C)OC. The van der Waals surface area contributed by atoms with Crippen LogP contribution in [0.4, 0.5) is 0 Å². The third kappa shape index (κ3) is 6.14. The molecule has 0 aliphatic rings. The molecule has 0 aliphatic carbocycles. The predicted octanol–water partition coefficient (Wildman–Crippen LogP) is 3.27. The second-order valence-corrected chi connectivity index (χ2v) is 9.68. The number of ether oxygens (including phenoxy) is 3. The minimum Gasteiger partial charge on any atom is -0.382 e. The zero-order valence-electron chi connectivity index (χ0n) is 12.9. The Bertz CT molecular complexity index is 202. The normalized spacial score (nSPS) is 19.9. The molecule has 3 unspecified atom stereocenters. The first kappa shape index (κ1) is 17.8. The van der Waals surface area contributed by atoms with Crippen LogP contribution >= 0.6 is 0 Å². The Labute approximate surface area is 114 Å². The van der Waals surface area contributed by atoms with E-state index in [-0.39, 0.29) is 18.3 Å². The maximum atomic E-state index is 5.44. The van der Waals surface area contributed by atoms with Gasteiger partial charge in [0.25, 0.3) is 0 Å². The van der Waals surface area contributed by atoms with Crippen LogP contribution in [0.25, 0.3) is 0 Å². The first-order chi connectivity index (χ1) is 8.42. The molecule has 0 fully saturated rings. The van der Waals surface area contributed by atoms with Gasteiger partial charge in [-0.3, -0.25) is 0 Å². The molecule has 3 nitrogen and oxygen atoms in total. The third-order valence-corrected chi connectivity index (χ3v) is 8.75. The lowest BCUT2D eigenvalue weighted by Gasteiger charge is -2.34. The van der Waals surface area contributed by atoms with Crippen molar-refractivity contribution in [3.8, 4) is 0 Å². The minimum atomic E-state index is -1.63. The first-order valence-electron chi connectivity index (χ1n) is 6.65. The maximum absolute atomic E-state index is 5.44. The van der Waals surface area contributed by atoms with Crippen molar-refractivity contribution in [3.63, 3.8) is 0 Å². The Kier molecular flexibility index (Phi) is 8.78. The molecule has 0 aromatic rings. The van der Waals surface area contributed by atoms with E-state index in [2.05, 4.69) is 33.0 Å². The Morgan fingerprint density at radius 2 is 1.11 bits per heavy atom. The molecule has 18 heavy (non-hydrogen) atoms. The molecular weight excluding hydrogens is 244 g/mol. The Hall–Kier alpha value is -0.163. The highest BCUT2D eigenvalue weighted by Gasteiger charge is 2.35. The molecule has 4 heteroatoms. The van der Waals surface area contributed by atoms with Crippen LogP contribution in [0.15, 0.2) is 12.3 Å². The molecule has 0 aromatic heterocycles. The van der Waals surface area contributed by atoms with Gasteiger partial charge in [0.15, 0.2) is 0 Å². The molecule has 0 rings (SSSR count). The van der Waals surface area contributed by atoms with Gasteiger partial charge < -0.3 is 14.2 Å². The van der Waals surface area contributed by atoms with E-state index in [4.69, 9.17) is 14.2 Å². The largest absolute Gasteiger partial charge is 0.382 e. The van der Waals surface area contributed by atoms with E-state index in [0.29, 0.717) is 0 Å². The first-order valence-corrected chi connectivity index (χ1v) is 9.34. The Morgan fingerprint density at radius 1 is 0.833 bits per heavy atom. The lowest BCUT2D eigenvalue weighted by molar-refractivity contribution is 0.118. The van der Waals surface area contributed by atoms with Crippen LogP contribution < -0.4 is 0 Å². The molecular formula is C14H30O3Si. The molecule has 0 bridgehead atoms. The smallest absolute Gasteiger partial charge is 0.0846 e. The topological polar surface area (TPSA) is 27.7 Å². The average Bonchev–Trinajstić information content (AvgIpc) is 2.37. The van der Waals surface area contributed by atoms with Gasteiger partial charge in [-0.15, -0.1) is 12.3 Å². The van der Waals surface area contributed by atoms with Gasteiger partial charge in [-0.1, -0.05) is 0 Å². The predicted molar refractivity (Wildman–Crippen MR) is 79.8 cm³/mol. The van der Waals surface area contributed by atoms with Crippen molar-refractivity contribution in [2.24, 2.45) is 0 Å². The van der Waals surface area contributed by atoms with Crippen LogP contribution in [0.2, 0.25) is 18.1 Å². The van der Waals surface area contributed by atoms with Crippen molar-refractivity contribution < 1.29 is 14.2 Å². The summed E-state index contributed by atoms with van der Waals surface area (Å²) in [7, 11) is 3.68. The van der Waals surface area contributed by atoms with E-state index in [1.807, 2.05) is 0 Å². The van der Waals surface area contributed by atoms with Crippen molar-refractivity contribution >= 4 is 8.07 Å². The minimum absolute atomic E-state index is 0.266. The summed E-state index contributed by atoms with van der Waals surface area (Å²) in [6.07, 6.45) is 0.799. The zero-order valence-corrected chi connectivity index (χ0v) is 13.9. The fourth-order valence-electron chi connectivity index (χ4n) is 2.47. The standard InChI is InChI=1S/C14H30O3Si/c1-8-18(9-12(2)15-5,10-13(3)16-6)11-14(4)17-7/h8,12-14H,1,9-11H2,2-7H3. The summed E-state index contributed by atoms with van der Waals surface area (Å²) in [6.45, 7) is 10.5. The quantitative estimate of drug-likeness (QED) is 0.572. The van der Waals surface area contributed by atoms with Crippen LogP contribution in [0.5, 0.6) is 0 Å². The number of hydrogen-bond donors (Lipinski definition) is 0. The van der Waals surface area contributed by atoms with Gasteiger partial charge in [-0.2, -0.15) is 0 Å². The van der Waals surface area contributed by atoms with Gasteiger partial charge in [0.1, 0.15) is 0 Å². The van der Waals surface area contributed by atoms with Gasteiger partial charge >= 0.3 is 0 Å². The van der Waals surface area contributed by atoms with Crippen LogP contribution in [0.1, 0.15) is 20.8 Å².